The Morgan fingerprint density at radius 2 is 2.12 bits per heavy atom. The van der Waals surface area contributed by atoms with Gasteiger partial charge in [-0.3, -0.25) is 0 Å². The zero-order valence-electron chi connectivity index (χ0n) is 9.81. The number of hydrogen-bond donors (Lipinski definition) is 2. The Morgan fingerprint density at radius 3 is 2.65 bits per heavy atom. The first-order chi connectivity index (χ1) is 8.06. The van der Waals surface area contributed by atoms with E-state index >= 15 is 0 Å². The van der Waals surface area contributed by atoms with E-state index in [4.69, 9.17) is 5.73 Å². The quantitative estimate of drug-likeness (QED) is 0.857. The molecule has 0 unspecified atom stereocenters. The summed E-state index contributed by atoms with van der Waals surface area (Å²) >= 11 is 0. The third-order valence-electron chi connectivity index (χ3n) is 2.26. The Balaban J connectivity index is 2.31. The van der Waals surface area contributed by atoms with E-state index in [1.54, 1.807) is 18.3 Å². The van der Waals surface area contributed by atoms with Crippen molar-refractivity contribution < 1.29 is 4.39 Å². The fourth-order valence-electron chi connectivity index (χ4n) is 1.59. The third-order valence-corrected chi connectivity index (χ3v) is 2.26. The van der Waals surface area contributed by atoms with Gasteiger partial charge in [0.1, 0.15) is 11.5 Å². The molecule has 2 aromatic rings. The van der Waals surface area contributed by atoms with Gasteiger partial charge in [0.25, 0.3) is 0 Å². The van der Waals surface area contributed by atoms with Gasteiger partial charge in [-0.15, -0.1) is 0 Å². The van der Waals surface area contributed by atoms with E-state index in [2.05, 4.69) is 10.4 Å². The van der Waals surface area contributed by atoms with Gasteiger partial charge in [0.05, 0.1) is 0 Å². The van der Waals surface area contributed by atoms with Crippen LogP contribution in [0.5, 0.6) is 0 Å². The molecule has 4 nitrogen and oxygen atoms in total. The highest BCUT2D eigenvalue weighted by Gasteiger charge is 2.07. The minimum Gasteiger partial charge on any atom is -0.383 e. The van der Waals surface area contributed by atoms with E-state index in [1.807, 2.05) is 19.9 Å². The lowest BCUT2D eigenvalue weighted by Gasteiger charge is -2.11. The maximum atomic E-state index is 13.9. The molecule has 0 saturated heterocycles. The summed E-state index contributed by atoms with van der Waals surface area (Å²) in [7, 11) is 0. The fourth-order valence-corrected chi connectivity index (χ4v) is 1.59. The monoisotopic (exact) mass is 234 g/mol. The molecule has 5 heteroatoms. The van der Waals surface area contributed by atoms with Gasteiger partial charge < -0.3 is 11.1 Å². The van der Waals surface area contributed by atoms with Crippen molar-refractivity contribution in [2.75, 3.05) is 11.1 Å². The number of nitrogens with one attached hydrogen (secondary N) is 1. The smallest absolute Gasteiger partial charge is 0.150 e. The SMILES string of the molecule is CC(C)Nc1ccc(-n2ccc(N)n2)c(F)c1. The molecule has 0 saturated carbocycles. The maximum Gasteiger partial charge on any atom is 0.150 e. The Hall–Kier alpha value is -2.04. The van der Waals surface area contributed by atoms with Crippen LogP contribution >= 0.6 is 0 Å². The second-order valence-corrected chi connectivity index (χ2v) is 4.15. The van der Waals surface area contributed by atoms with Crippen molar-refractivity contribution >= 4 is 11.5 Å². The zero-order valence-corrected chi connectivity index (χ0v) is 9.81. The average Bonchev–Trinajstić information content (AvgIpc) is 2.64. The molecule has 0 bridgehead atoms. The Labute approximate surface area is 99.2 Å². The molecule has 3 N–H and O–H groups in total. The van der Waals surface area contributed by atoms with Crippen molar-refractivity contribution in [3.8, 4) is 5.69 Å². The van der Waals surface area contributed by atoms with Crippen molar-refractivity contribution in [3.05, 3.63) is 36.3 Å². The Morgan fingerprint density at radius 1 is 1.35 bits per heavy atom. The van der Waals surface area contributed by atoms with Crippen LogP contribution in [0.4, 0.5) is 15.9 Å². The minimum atomic E-state index is -0.334. The minimum absolute atomic E-state index is 0.264. The van der Waals surface area contributed by atoms with E-state index in [0.29, 0.717) is 11.5 Å². The maximum absolute atomic E-state index is 13.9. The summed E-state index contributed by atoms with van der Waals surface area (Å²) in [5.74, 6) is 0.0348. The van der Waals surface area contributed by atoms with Crippen molar-refractivity contribution in [2.24, 2.45) is 0 Å². The second-order valence-electron chi connectivity index (χ2n) is 4.15. The first kappa shape index (κ1) is 11.4. The van der Waals surface area contributed by atoms with Crippen molar-refractivity contribution in [1.82, 2.24) is 9.78 Å². The van der Waals surface area contributed by atoms with Gasteiger partial charge in [0.2, 0.25) is 0 Å². The van der Waals surface area contributed by atoms with Gasteiger partial charge >= 0.3 is 0 Å². The van der Waals surface area contributed by atoms with Crippen molar-refractivity contribution in [1.29, 1.82) is 0 Å². The molecule has 1 aromatic heterocycles. The second kappa shape index (κ2) is 4.45. The van der Waals surface area contributed by atoms with Crippen LogP contribution in [-0.4, -0.2) is 15.8 Å². The predicted octanol–water partition coefficient (Wildman–Crippen LogP) is 2.41. The predicted molar refractivity (Wildman–Crippen MR) is 66.7 cm³/mol. The Bertz CT molecular complexity index is 519. The first-order valence-electron chi connectivity index (χ1n) is 5.44. The lowest BCUT2D eigenvalue weighted by Crippen LogP contribution is -2.10. The molecule has 1 aromatic carbocycles. The average molecular weight is 234 g/mol. The standard InChI is InChI=1S/C12H15FN4/c1-8(2)15-9-3-4-11(10(13)7-9)17-6-5-12(14)16-17/h3-8,15H,1-2H3,(H2,14,16). The largest absolute Gasteiger partial charge is 0.383 e. The van der Waals surface area contributed by atoms with Gasteiger partial charge in [-0.05, 0) is 32.0 Å². The van der Waals surface area contributed by atoms with Gasteiger partial charge in [0, 0.05) is 24.0 Å². The molecule has 0 atom stereocenters. The van der Waals surface area contributed by atoms with Crippen LogP contribution in [0.3, 0.4) is 0 Å². The molecule has 0 amide bonds. The van der Waals surface area contributed by atoms with Crippen LogP contribution < -0.4 is 11.1 Å². The summed E-state index contributed by atoms with van der Waals surface area (Å²) < 4.78 is 15.3. The van der Waals surface area contributed by atoms with Gasteiger partial charge in [-0.25, -0.2) is 9.07 Å². The molecule has 0 radical (unpaired) electrons. The van der Waals surface area contributed by atoms with Crippen LogP contribution in [0.15, 0.2) is 30.5 Å². The number of aromatic nitrogens is 2. The number of halogens is 1. The van der Waals surface area contributed by atoms with Gasteiger partial charge in [-0.2, -0.15) is 5.10 Å². The van der Waals surface area contributed by atoms with Crippen LogP contribution in [-0.2, 0) is 0 Å². The number of benzene rings is 1. The van der Waals surface area contributed by atoms with Gasteiger partial charge in [0.15, 0.2) is 5.82 Å². The topological polar surface area (TPSA) is 55.9 Å². The number of nitrogens with zero attached hydrogens (tertiary/aromatic N) is 2. The van der Waals surface area contributed by atoms with Crippen LogP contribution in [0.25, 0.3) is 5.69 Å². The van der Waals surface area contributed by atoms with Crippen LogP contribution in [0.1, 0.15) is 13.8 Å². The molecule has 0 aliphatic rings. The number of nitrogen functional groups attached to an aromatic ring is 1. The molecule has 17 heavy (non-hydrogen) atoms. The number of anilines is 2. The molecule has 2 rings (SSSR count). The van der Waals surface area contributed by atoms with Crippen molar-refractivity contribution in [2.45, 2.75) is 19.9 Å². The lowest BCUT2D eigenvalue weighted by atomic mass is 10.2. The summed E-state index contributed by atoms with van der Waals surface area (Å²) in [6, 6.07) is 6.83. The van der Waals surface area contributed by atoms with Crippen molar-refractivity contribution in [3.63, 3.8) is 0 Å². The molecule has 0 fully saturated rings. The summed E-state index contributed by atoms with van der Waals surface area (Å²) in [6.07, 6.45) is 1.63. The van der Waals surface area contributed by atoms with E-state index in [-0.39, 0.29) is 11.9 Å². The molecule has 90 valence electrons. The third kappa shape index (κ3) is 2.55. The summed E-state index contributed by atoms with van der Waals surface area (Å²) in [4.78, 5) is 0. The zero-order chi connectivity index (χ0) is 12.4. The highest BCUT2D eigenvalue weighted by Crippen LogP contribution is 2.18. The first-order valence-corrected chi connectivity index (χ1v) is 5.44. The van der Waals surface area contributed by atoms with Gasteiger partial charge in [-0.1, -0.05) is 0 Å². The lowest BCUT2D eigenvalue weighted by molar-refractivity contribution is 0.611. The molecule has 0 spiro atoms. The molecular formula is C12H15FN4. The number of rotatable bonds is 3. The summed E-state index contributed by atoms with van der Waals surface area (Å²) in [5, 5.41) is 7.10. The van der Waals surface area contributed by atoms with E-state index in [0.717, 1.165) is 5.69 Å². The molecular weight excluding hydrogens is 219 g/mol. The van der Waals surface area contributed by atoms with Crippen LogP contribution in [0, 0.1) is 5.82 Å². The highest BCUT2D eigenvalue weighted by atomic mass is 19.1. The number of hydrogen-bond acceptors (Lipinski definition) is 3. The highest BCUT2D eigenvalue weighted by molar-refractivity contribution is 5.50. The molecule has 1 heterocycles. The van der Waals surface area contributed by atoms with E-state index in [9.17, 15) is 4.39 Å². The molecule has 0 aliphatic carbocycles. The van der Waals surface area contributed by atoms with E-state index < -0.39 is 0 Å². The van der Waals surface area contributed by atoms with Crippen LogP contribution in [0.2, 0.25) is 0 Å². The Kier molecular flexibility index (Phi) is 2.99. The number of nitrogens with two attached hydrogens (primary N) is 1. The molecule has 0 aliphatic heterocycles. The summed E-state index contributed by atoms with van der Waals surface area (Å²) in [6.45, 7) is 4.00. The normalized spacial score (nSPS) is 10.8. The fraction of sp³-hybridized carbons (Fsp3) is 0.250. The summed E-state index contributed by atoms with van der Waals surface area (Å²) in [5.41, 5.74) is 6.63. The van der Waals surface area contributed by atoms with E-state index in [1.165, 1.54) is 10.7 Å².